The van der Waals surface area contributed by atoms with Crippen molar-refractivity contribution in [3.63, 3.8) is 0 Å². The summed E-state index contributed by atoms with van der Waals surface area (Å²) in [5, 5.41) is 3.89. The zero-order valence-electron chi connectivity index (χ0n) is 14.9. The van der Waals surface area contributed by atoms with Crippen LogP contribution >= 0.6 is 0 Å². The van der Waals surface area contributed by atoms with E-state index in [9.17, 15) is 9.59 Å². The normalized spacial score (nSPS) is 16.6. The standard InChI is InChI=1S/C21H19N3O3/c1-27-17-9-7-16(8-10-17)24-13-15(12-19(24)25)21(26)23-18-6-2-4-14-5-3-11-22-20(14)18/h2-11,15H,12-13H2,1H3,(H,23,26). The Morgan fingerprint density at radius 1 is 1.15 bits per heavy atom. The maximum atomic E-state index is 12.7. The number of carbonyl (C=O) groups excluding carboxylic acids is 2. The van der Waals surface area contributed by atoms with Crippen LogP contribution in [0, 0.1) is 5.92 Å². The van der Waals surface area contributed by atoms with E-state index in [0.717, 1.165) is 22.3 Å². The molecule has 2 aromatic carbocycles. The van der Waals surface area contributed by atoms with Crippen molar-refractivity contribution in [2.24, 2.45) is 5.92 Å². The third kappa shape index (κ3) is 3.33. The summed E-state index contributed by atoms with van der Waals surface area (Å²) < 4.78 is 5.15. The van der Waals surface area contributed by atoms with Gasteiger partial charge in [0.05, 0.1) is 24.2 Å². The number of pyridine rings is 1. The highest BCUT2D eigenvalue weighted by atomic mass is 16.5. The Morgan fingerprint density at radius 3 is 2.70 bits per heavy atom. The molecule has 4 rings (SSSR count). The SMILES string of the molecule is COc1ccc(N2CC(C(=O)Nc3cccc4cccnc34)CC2=O)cc1. The second-order valence-corrected chi connectivity index (χ2v) is 6.47. The highest BCUT2D eigenvalue weighted by Crippen LogP contribution is 2.28. The minimum atomic E-state index is -0.404. The van der Waals surface area contributed by atoms with Gasteiger partial charge in [-0.05, 0) is 36.4 Å². The summed E-state index contributed by atoms with van der Waals surface area (Å²) in [4.78, 5) is 31.1. The van der Waals surface area contributed by atoms with Gasteiger partial charge in [-0.2, -0.15) is 0 Å². The molecule has 2 amide bonds. The zero-order chi connectivity index (χ0) is 18.8. The number of hydrogen-bond donors (Lipinski definition) is 1. The van der Waals surface area contributed by atoms with Crippen molar-refractivity contribution in [1.29, 1.82) is 0 Å². The van der Waals surface area contributed by atoms with Crippen LogP contribution in [0.2, 0.25) is 0 Å². The third-order valence-corrected chi connectivity index (χ3v) is 4.77. The molecule has 27 heavy (non-hydrogen) atoms. The van der Waals surface area contributed by atoms with Gasteiger partial charge in [-0.15, -0.1) is 0 Å². The number of carbonyl (C=O) groups is 2. The molecule has 1 aliphatic rings. The summed E-state index contributed by atoms with van der Waals surface area (Å²) in [5.41, 5.74) is 2.17. The zero-order valence-corrected chi connectivity index (χ0v) is 14.9. The largest absolute Gasteiger partial charge is 0.497 e. The second kappa shape index (κ2) is 7.07. The number of amides is 2. The van der Waals surface area contributed by atoms with Crippen LogP contribution in [-0.4, -0.2) is 30.5 Å². The first kappa shape index (κ1) is 17.0. The van der Waals surface area contributed by atoms with Crippen molar-refractivity contribution in [3.05, 3.63) is 60.8 Å². The van der Waals surface area contributed by atoms with E-state index in [1.165, 1.54) is 0 Å². The summed E-state index contributed by atoms with van der Waals surface area (Å²) in [6.07, 6.45) is 1.89. The number of nitrogens with zero attached hydrogens (tertiary/aromatic N) is 2. The van der Waals surface area contributed by atoms with E-state index < -0.39 is 5.92 Å². The molecule has 1 atom stereocenters. The topological polar surface area (TPSA) is 71.5 Å². The summed E-state index contributed by atoms with van der Waals surface area (Å²) in [6, 6.07) is 16.7. The molecule has 1 fully saturated rings. The number of benzene rings is 2. The Balaban J connectivity index is 1.50. The number of ether oxygens (including phenoxy) is 1. The van der Waals surface area contributed by atoms with Crippen molar-refractivity contribution in [3.8, 4) is 5.75 Å². The molecule has 6 nitrogen and oxygen atoms in total. The van der Waals surface area contributed by atoms with Crippen LogP contribution in [0.1, 0.15) is 6.42 Å². The lowest BCUT2D eigenvalue weighted by Gasteiger charge is -2.17. The fourth-order valence-corrected chi connectivity index (χ4v) is 3.33. The highest BCUT2D eigenvalue weighted by Gasteiger charge is 2.35. The van der Waals surface area contributed by atoms with Crippen LogP contribution in [-0.2, 0) is 9.59 Å². The van der Waals surface area contributed by atoms with Gasteiger partial charge in [-0.3, -0.25) is 14.6 Å². The van der Waals surface area contributed by atoms with E-state index in [2.05, 4.69) is 10.3 Å². The fourth-order valence-electron chi connectivity index (χ4n) is 3.33. The monoisotopic (exact) mass is 361 g/mol. The fraction of sp³-hybridized carbons (Fsp3) is 0.190. The molecule has 0 aliphatic carbocycles. The van der Waals surface area contributed by atoms with Crippen LogP contribution < -0.4 is 15.0 Å². The van der Waals surface area contributed by atoms with E-state index in [4.69, 9.17) is 4.74 Å². The van der Waals surface area contributed by atoms with Gasteiger partial charge in [-0.1, -0.05) is 18.2 Å². The first-order valence-electron chi connectivity index (χ1n) is 8.75. The number of nitrogens with one attached hydrogen (secondary N) is 1. The van der Waals surface area contributed by atoms with Gasteiger partial charge < -0.3 is 15.0 Å². The Bertz CT molecular complexity index is 996. The minimum absolute atomic E-state index is 0.0589. The molecule has 1 N–H and O–H groups in total. The molecule has 6 heteroatoms. The van der Waals surface area contributed by atoms with Crippen molar-refractivity contribution >= 4 is 34.1 Å². The van der Waals surface area contributed by atoms with Crippen molar-refractivity contribution in [2.75, 3.05) is 23.9 Å². The van der Waals surface area contributed by atoms with Gasteiger partial charge >= 0.3 is 0 Å². The van der Waals surface area contributed by atoms with Crippen LogP contribution in [0.15, 0.2) is 60.8 Å². The van der Waals surface area contributed by atoms with Crippen molar-refractivity contribution < 1.29 is 14.3 Å². The first-order valence-corrected chi connectivity index (χ1v) is 8.75. The lowest BCUT2D eigenvalue weighted by molar-refractivity contribution is -0.122. The highest BCUT2D eigenvalue weighted by molar-refractivity contribution is 6.06. The summed E-state index contributed by atoms with van der Waals surface area (Å²) in [5.74, 6) is 0.0931. The van der Waals surface area contributed by atoms with E-state index in [1.54, 1.807) is 30.3 Å². The lowest BCUT2D eigenvalue weighted by Crippen LogP contribution is -2.28. The molecule has 136 valence electrons. The molecular weight excluding hydrogens is 342 g/mol. The van der Waals surface area contributed by atoms with Gasteiger partial charge in [0.1, 0.15) is 5.75 Å². The Hall–Kier alpha value is -3.41. The van der Waals surface area contributed by atoms with Gasteiger partial charge in [-0.25, -0.2) is 0 Å². The van der Waals surface area contributed by atoms with Crippen LogP contribution in [0.25, 0.3) is 10.9 Å². The molecule has 2 heterocycles. The summed E-state index contributed by atoms with van der Waals surface area (Å²) in [7, 11) is 1.60. The number of anilines is 2. The maximum absolute atomic E-state index is 12.7. The molecule has 1 saturated heterocycles. The Morgan fingerprint density at radius 2 is 1.93 bits per heavy atom. The average Bonchev–Trinajstić information content (AvgIpc) is 3.10. The third-order valence-electron chi connectivity index (χ3n) is 4.77. The Kier molecular flexibility index (Phi) is 4.46. The predicted molar refractivity (Wildman–Crippen MR) is 104 cm³/mol. The summed E-state index contributed by atoms with van der Waals surface area (Å²) in [6.45, 7) is 0.356. The predicted octanol–water partition coefficient (Wildman–Crippen LogP) is 3.24. The molecule has 3 aromatic rings. The quantitative estimate of drug-likeness (QED) is 0.774. The van der Waals surface area contributed by atoms with Gasteiger partial charge in [0.15, 0.2) is 0 Å². The molecule has 0 radical (unpaired) electrons. The van der Waals surface area contributed by atoms with Crippen molar-refractivity contribution in [1.82, 2.24) is 4.98 Å². The molecule has 0 bridgehead atoms. The first-order chi connectivity index (χ1) is 13.2. The Labute approximate surface area is 156 Å². The van der Waals surface area contributed by atoms with Crippen LogP contribution in [0.5, 0.6) is 5.75 Å². The van der Waals surface area contributed by atoms with E-state index in [0.29, 0.717) is 12.2 Å². The van der Waals surface area contributed by atoms with Crippen LogP contribution in [0.3, 0.4) is 0 Å². The maximum Gasteiger partial charge on any atom is 0.229 e. The molecule has 1 aliphatic heterocycles. The molecule has 1 unspecified atom stereocenters. The molecule has 0 saturated carbocycles. The van der Waals surface area contributed by atoms with E-state index >= 15 is 0 Å². The number of aromatic nitrogens is 1. The molecule has 0 spiro atoms. The number of rotatable bonds is 4. The lowest BCUT2D eigenvalue weighted by atomic mass is 10.1. The van der Waals surface area contributed by atoms with Crippen LogP contribution in [0.4, 0.5) is 11.4 Å². The number of hydrogen-bond acceptors (Lipinski definition) is 4. The number of para-hydroxylation sites is 1. The van der Waals surface area contributed by atoms with E-state index in [1.807, 2.05) is 42.5 Å². The minimum Gasteiger partial charge on any atom is -0.497 e. The van der Waals surface area contributed by atoms with E-state index in [-0.39, 0.29) is 18.2 Å². The number of fused-ring (bicyclic) bond motifs is 1. The van der Waals surface area contributed by atoms with Gasteiger partial charge in [0.2, 0.25) is 11.8 Å². The molecular formula is C21H19N3O3. The van der Waals surface area contributed by atoms with Gasteiger partial charge in [0.25, 0.3) is 0 Å². The number of methoxy groups -OCH3 is 1. The second-order valence-electron chi connectivity index (χ2n) is 6.47. The smallest absolute Gasteiger partial charge is 0.229 e. The van der Waals surface area contributed by atoms with Crippen molar-refractivity contribution in [2.45, 2.75) is 6.42 Å². The van der Waals surface area contributed by atoms with Gasteiger partial charge in [0, 0.05) is 30.2 Å². The summed E-state index contributed by atoms with van der Waals surface area (Å²) >= 11 is 0. The molecule has 1 aromatic heterocycles. The average molecular weight is 361 g/mol.